The van der Waals surface area contributed by atoms with Crippen LogP contribution in [0.5, 0.6) is 0 Å². The summed E-state index contributed by atoms with van der Waals surface area (Å²) in [5.74, 6) is 0. The minimum Gasteiger partial charge on any atom is -0.380 e. The molecule has 0 unspecified atom stereocenters. The van der Waals surface area contributed by atoms with Gasteiger partial charge in [0.2, 0.25) is 0 Å². The summed E-state index contributed by atoms with van der Waals surface area (Å²) in [6.45, 7) is 8.77. The molecule has 0 saturated heterocycles. The van der Waals surface area contributed by atoms with Gasteiger partial charge in [0.05, 0.1) is 37.6 Å². The summed E-state index contributed by atoms with van der Waals surface area (Å²) >= 11 is 0. The minimum absolute atomic E-state index is 0.313. The zero-order chi connectivity index (χ0) is 14.6. The molecule has 2 aromatic rings. The number of imidazole rings is 1. The van der Waals surface area contributed by atoms with E-state index in [0.717, 1.165) is 24.4 Å². The Morgan fingerprint density at radius 3 is 2.60 bits per heavy atom. The summed E-state index contributed by atoms with van der Waals surface area (Å²) in [4.78, 5) is 4.12. The van der Waals surface area contributed by atoms with E-state index in [1.807, 2.05) is 22.5 Å². The molecule has 2 aromatic heterocycles. The minimum atomic E-state index is 0.313. The largest absolute Gasteiger partial charge is 0.380 e. The summed E-state index contributed by atoms with van der Waals surface area (Å²) in [5, 5.41) is 8.08. The van der Waals surface area contributed by atoms with Gasteiger partial charge in [-0.3, -0.25) is 0 Å². The van der Waals surface area contributed by atoms with Crippen LogP contribution < -0.4 is 0 Å². The van der Waals surface area contributed by atoms with Crippen molar-refractivity contribution in [2.75, 3.05) is 13.2 Å². The smallest absolute Gasteiger partial charge is 0.107 e. The van der Waals surface area contributed by atoms with Crippen LogP contribution in [0.3, 0.4) is 0 Å². The third-order valence-electron chi connectivity index (χ3n) is 3.14. The van der Waals surface area contributed by atoms with E-state index in [2.05, 4.69) is 36.1 Å². The fourth-order valence-corrected chi connectivity index (χ4v) is 1.86. The molecule has 0 atom stereocenters. The van der Waals surface area contributed by atoms with Crippen LogP contribution in [0.4, 0.5) is 0 Å². The first-order valence-electron chi connectivity index (χ1n) is 6.90. The van der Waals surface area contributed by atoms with E-state index in [9.17, 15) is 0 Å². The van der Waals surface area contributed by atoms with Gasteiger partial charge in [-0.05, 0) is 11.8 Å². The average molecular weight is 277 g/mol. The highest BCUT2D eigenvalue weighted by molar-refractivity contribution is 5.52. The lowest BCUT2D eigenvalue weighted by Gasteiger charge is -2.17. The van der Waals surface area contributed by atoms with Crippen LogP contribution in [0.15, 0.2) is 18.7 Å². The van der Waals surface area contributed by atoms with Gasteiger partial charge in [-0.2, -0.15) is 0 Å². The summed E-state index contributed by atoms with van der Waals surface area (Å²) in [6, 6.07) is 0. The van der Waals surface area contributed by atoms with Crippen molar-refractivity contribution in [3.05, 3.63) is 18.7 Å². The molecule has 0 aliphatic heterocycles. The van der Waals surface area contributed by atoms with Crippen molar-refractivity contribution in [3.63, 3.8) is 0 Å². The quantitative estimate of drug-likeness (QED) is 0.759. The third-order valence-corrected chi connectivity index (χ3v) is 3.14. The number of hydrogen-bond donors (Lipinski definition) is 0. The summed E-state index contributed by atoms with van der Waals surface area (Å²) in [6.07, 6.45) is 6.40. The predicted molar refractivity (Wildman–Crippen MR) is 77.1 cm³/mol. The van der Waals surface area contributed by atoms with Crippen molar-refractivity contribution in [1.82, 2.24) is 24.5 Å². The van der Waals surface area contributed by atoms with Crippen molar-refractivity contribution in [2.45, 2.75) is 33.7 Å². The molecular weight excluding hydrogens is 254 g/mol. The molecule has 6 heteroatoms. The molecule has 0 fully saturated rings. The standard InChI is InChI=1S/C14H23N5O/c1-14(2,3)5-7-20-8-6-19-13(10-16-17-19)12-9-15-11-18(12)4/h9-11H,5-8H2,1-4H3. The van der Waals surface area contributed by atoms with E-state index in [1.165, 1.54) is 0 Å². The highest BCUT2D eigenvalue weighted by Crippen LogP contribution is 2.18. The van der Waals surface area contributed by atoms with Gasteiger partial charge in [0, 0.05) is 13.7 Å². The maximum atomic E-state index is 5.67. The average Bonchev–Trinajstić information content (AvgIpc) is 2.95. The third kappa shape index (κ3) is 3.90. The summed E-state index contributed by atoms with van der Waals surface area (Å²) in [7, 11) is 1.96. The van der Waals surface area contributed by atoms with Crippen molar-refractivity contribution >= 4 is 0 Å². The fourth-order valence-electron chi connectivity index (χ4n) is 1.86. The number of aryl methyl sites for hydroxylation is 1. The van der Waals surface area contributed by atoms with Gasteiger partial charge in [-0.25, -0.2) is 9.67 Å². The molecule has 110 valence electrons. The van der Waals surface area contributed by atoms with Crippen LogP contribution >= 0.6 is 0 Å². The van der Waals surface area contributed by atoms with E-state index in [4.69, 9.17) is 4.74 Å². The lowest BCUT2D eigenvalue weighted by Crippen LogP contribution is -2.13. The maximum Gasteiger partial charge on any atom is 0.107 e. The molecule has 2 heterocycles. The zero-order valence-electron chi connectivity index (χ0n) is 12.7. The summed E-state index contributed by atoms with van der Waals surface area (Å²) < 4.78 is 9.48. The van der Waals surface area contributed by atoms with Gasteiger partial charge < -0.3 is 9.30 Å². The van der Waals surface area contributed by atoms with E-state index in [0.29, 0.717) is 18.6 Å². The lowest BCUT2D eigenvalue weighted by molar-refractivity contribution is 0.0998. The second-order valence-electron chi connectivity index (χ2n) is 6.16. The van der Waals surface area contributed by atoms with Crippen LogP contribution in [0.1, 0.15) is 27.2 Å². The lowest BCUT2D eigenvalue weighted by atomic mass is 9.93. The maximum absolute atomic E-state index is 5.67. The van der Waals surface area contributed by atoms with Gasteiger partial charge >= 0.3 is 0 Å². The van der Waals surface area contributed by atoms with Crippen molar-refractivity contribution in [2.24, 2.45) is 12.5 Å². The number of aromatic nitrogens is 5. The second kappa shape index (κ2) is 6.17. The molecule has 20 heavy (non-hydrogen) atoms. The normalized spacial score (nSPS) is 12.0. The van der Waals surface area contributed by atoms with Gasteiger partial charge in [-0.15, -0.1) is 5.10 Å². The Morgan fingerprint density at radius 2 is 1.95 bits per heavy atom. The predicted octanol–water partition coefficient (Wildman–Crippen LogP) is 2.13. The summed E-state index contributed by atoms with van der Waals surface area (Å²) in [5.41, 5.74) is 2.28. The van der Waals surface area contributed by atoms with E-state index in [-0.39, 0.29) is 0 Å². The van der Waals surface area contributed by atoms with Gasteiger partial charge in [0.25, 0.3) is 0 Å². The Balaban J connectivity index is 1.86. The van der Waals surface area contributed by atoms with Crippen molar-refractivity contribution in [3.8, 4) is 11.4 Å². The number of ether oxygens (including phenoxy) is 1. The Kier molecular flexibility index (Phi) is 4.54. The van der Waals surface area contributed by atoms with Crippen LogP contribution in [-0.4, -0.2) is 37.8 Å². The number of nitrogens with zero attached hydrogens (tertiary/aromatic N) is 5. The molecule has 0 N–H and O–H groups in total. The second-order valence-corrected chi connectivity index (χ2v) is 6.16. The number of hydrogen-bond acceptors (Lipinski definition) is 4. The molecule has 0 spiro atoms. The monoisotopic (exact) mass is 277 g/mol. The first-order chi connectivity index (χ1) is 9.47. The van der Waals surface area contributed by atoms with Gasteiger partial charge in [0.15, 0.2) is 0 Å². The topological polar surface area (TPSA) is 57.8 Å². The highest BCUT2D eigenvalue weighted by atomic mass is 16.5. The molecule has 2 rings (SSSR count). The Labute approximate surface area is 119 Å². The van der Waals surface area contributed by atoms with E-state index in [1.54, 1.807) is 12.5 Å². The first-order valence-corrected chi connectivity index (χ1v) is 6.90. The molecule has 0 amide bonds. The van der Waals surface area contributed by atoms with Crippen LogP contribution in [-0.2, 0) is 18.3 Å². The molecule has 6 nitrogen and oxygen atoms in total. The molecule has 0 aliphatic rings. The molecule has 0 saturated carbocycles. The molecule has 0 aliphatic carbocycles. The highest BCUT2D eigenvalue weighted by Gasteiger charge is 2.11. The Bertz CT molecular complexity index is 538. The fraction of sp³-hybridized carbons (Fsp3) is 0.643. The molecule has 0 aromatic carbocycles. The Hall–Kier alpha value is -1.69. The first kappa shape index (κ1) is 14.7. The Morgan fingerprint density at radius 1 is 1.15 bits per heavy atom. The van der Waals surface area contributed by atoms with Gasteiger partial charge in [-0.1, -0.05) is 26.0 Å². The molecular formula is C14H23N5O. The van der Waals surface area contributed by atoms with Gasteiger partial charge in [0.1, 0.15) is 5.69 Å². The van der Waals surface area contributed by atoms with E-state index >= 15 is 0 Å². The van der Waals surface area contributed by atoms with Crippen LogP contribution in [0.25, 0.3) is 11.4 Å². The van der Waals surface area contributed by atoms with E-state index < -0.39 is 0 Å². The number of rotatable bonds is 6. The SMILES string of the molecule is Cn1cncc1-c1cnnn1CCOCCC(C)(C)C. The van der Waals surface area contributed by atoms with Crippen molar-refractivity contribution < 1.29 is 4.74 Å². The molecule has 0 radical (unpaired) electrons. The van der Waals surface area contributed by atoms with Crippen molar-refractivity contribution in [1.29, 1.82) is 0 Å². The van der Waals surface area contributed by atoms with Crippen LogP contribution in [0, 0.1) is 5.41 Å². The van der Waals surface area contributed by atoms with Crippen LogP contribution in [0.2, 0.25) is 0 Å². The molecule has 0 bridgehead atoms. The zero-order valence-corrected chi connectivity index (χ0v) is 12.7.